The third-order valence-corrected chi connectivity index (χ3v) is 3.17. The van der Waals surface area contributed by atoms with Gasteiger partial charge >= 0.3 is 0 Å². The first-order valence-electron chi connectivity index (χ1n) is 5.90. The number of H-pyrrole nitrogens is 1. The molecule has 0 radical (unpaired) electrons. The highest BCUT2D eigenvalue weighted by molar-refractivity contribution is 6.21. The minimum Gasteiger partial charge on any atom is -0.348 e. The van der Waals surface area contributed by atoms with Crippen LogP contribution >= 0.6 is 0 Å². The van der Waals surface area contributed by atoms with E-state index >= 15 is 0 Å². The molecule has 3 rings (SSSR count). The molecule has 0 fully saturated rings. The van der Waals surface area contributed by atoms with Gasteiger partial charge in [-0.3, -0.25) is 14.5 Å². The molecule has 102 valence electrons. The summed E-state index contributed by atoms with van der Waals surface area (Å²) in [5.74, 6) is -3.49. The van der Waals surface area contributed by atoms with E-state index in [2.05, 4.69) is 9.97 Å². The molecule has 1 N–H and O–H groups in total. The van der Waals surface area contributed by atoms with E-state index in [1.165, 1.54) is 6.33 Å². The molecule has 0 spiro atoms. The van der Waals surface area contributed by atoms with Gasteiger partial charge in [-0.05, 0) is 12.1 Å². The number of hydrogen-bond acceptors (Lipinski definition) is 3. The van der Waals surface area contributed by atoms with Crippen LogP contribution in [0.1, 0.15) is 26.4 Å². The van der Waals surface area contributed by atoms with Crippen molar-refractivity contribution in [2.24, 2.45) is 0 Å². The third-order valence-electron chi connectivity index (χ3n) is 3.17. The number of carbonyl (C=O) groups is 2. The molecule has 0 aliphatic carbocycles. The van der Waals surface area contributed by atoms with Crippen LogP contribution in [0.4, 0.5) is 8.78 Å². The summed E-state index contributed by atoms with van der Waals surface area (Å²) in [6, 6.07) is 1.53. The number of imide groups is 1. The maximum absolute atomic E-state index is 13.1. The van der Waals surface area contributed by atoms with Crippen molar-refractivity contribution in [2.75, 3.05) is 6.54 Å². The molecular formula is C13H9F2N3O2. The van der Waals surface area contributed by atoms with Gasteiger partial charge in [0.25, 0.3) is 11.8 Å². The lowest BCUT2D eigenvalue weighted by molar-refractivity contribution is 0.0655. The highest BCUT2D eigenvalue weighted by Gasteiger charge is 2.36. The molecule has 0 unspecified atom stereocenters. The Morgan fingerprint density at radius 1 is 1.10 bits per heavy atom. The Kier molecular flexibility index (Phi) is 2.81. The lowest BCUT2D eigenvalue weighted by Gasteiger charge is -2.12. The number of nitrogens with one attached hydrogen (secondary N) is 1. The van der Waals surface area contributed by atoms with Crippen LogP contribution in [0.3, 0.4) is 0 Å². The third kappa shape index (κ3) is 1.87. The van der Waals surface area contributed by atoms with E-state index in [-0.39, 0.29) is 17.7 Å². The van der Waals surface area contributed by atoms with E-state index in [1.807, 2.05) is 0 Å². The fourth-order valence-electron chi connectivity index (χ4n) is 2.14. The highest BCUT2D eigenvalue weighted by Crippen LogP contribution is 2.25. The first-order chi connectivity index (χ1) is 9.58. The van der Waals surface area contributed by atoms with Gasteiger partial charge in [0, 0.05) is 24.9 Å². The van der Waals surface area contributed by atoms with Gasteiger partial charge in [-0.2, -0.15) is 0 Å². The fourth-order valence-corrected chi connectivity index (χ4v) is 2.14. The van der Waals surface area contributed by atoms with Crippen LogP contribution in [-0.2, 0) is 6.42 Å². The number of imidazole rings is 1. The number of halogens is 2. The standard InChI is InChI=1S/C13H9F2N3O2/c14-10-3-8-9(4-11(10)15)13(20)18(12(8)19)2-1-7-5-16-6-17-7/h3-6H,1-2H2,(H,16,17). The van der Waals surface area contributed by atoms with Crippen LogP contribution in [-0.4, -0.2) is 33.2 Å². The predicted molar refractivity (Wildman–Crippen MR) is 64.0 cm³/mol. The normalized spacial score (nSPS) is 14.0. The average Bonchev–Trinajstić information content (AvgIpc) is 3.00. The van der Waals surface area contributed by atoms with E-state index in [1.54, 1.807) is 6.20 Å². The molecule has 0 atom stereocenters. The topological polar surface area (TPSA) is 66.1 Å². The molecule has 2 heterocycles. The van der Waals surface area contributed by atoms with Crippen molar-refractivity contribution in [3.63, 3.8) is 0 Å². The fraction of sp³-hybridized carbons (Fsp3) is 0.154. The van der Waals surface area contributed by atoms with Gasteiger partial charge < -0.3 is 4.98 Å². The summed E-state index contributed by atoms with van der Waals surface area (Å²) >= 11 is 0. The quantitative estimate of drug-likeness (QED) is 0.865. The molecule has 1 aromatic carbocycles. The van der Waals surface area contributed by atoms with E-state index in [0.29, 0.717) is 6.42 Å². The summed E-state index contributed by atoms with van der Waals surface area (Å²) in [5, 5.41) is 0. The van der Waals surface area contributed by atoms with Crippen molar-refractivity contribution in [2.45, 2.75) is 6.42 Å². The zero-order chi connectivity index (χ0) is 14.3. The largest absolute Gasteiger partial charge is 0.348 e. The van der Waals surface area contributed by atoms with Crippen molar-refractivity contribution in [1.29, 1.82) is 0 Å². The number of hydrogen-bond donors (Lipinski definition) is 1. The lowest BCUT2D eigenvalue weighted by Crippen LogP contribution is -2.31. The molecule has 1 aliphatic heterocycles. The number of fused-ring (bicyclic) bond motifs is 1. The molecular weight excluding hydrogens is 268 g/mol. The Labute approximate surface area is 112 Å². The molecule has 2 aromatic rings. The van der Waals surface area contributed by atoms with Gasteiger partial charge in [-0.1, -0.05) is 0 Å². The number of rotatable bonds is 3. The summed E-state index contributed by atoms with van der Waals surface area (Å²) in [6.45, 7) is 0.123. The number of aromatic nitrogens is 2. The van der Waals surface area contributed by atoms with Crippen molar-refractivity contribution in [3.8, 4) is 0 Å². The Hall–Kier alpha value is -2.57. The minimum atomic E-state index is -1.14. The molecule has 0 saturated carbocycles. The molecule has 5 nitrogen and oxygen atoms in total. The number of carbonyl (C=O) groups excluding carboxylic acids is 2. The molecule has 1 aliphatic rings. The summed E-state index contributed by atoms with van der Waals surface area (Å²) in [6.07, 6.45) is 3.47. The van der Waals surface area contributed by atoms with Crippen molar-refractivity contribution in [3.05, 3.63) is 53.1 Å². The summed E-state index contributed by atoms with van der Waals surface area (Å²) < 4.78 is 26.3. The number of nitrogens with zero attached hydrogens (tertiary/aromatic N) is 2. The molecule has 1 aromatic heterocycles. The highest BCUT2D eigenvalue weighted by atomic mass is 19.2. The smallest absolute Gasteiger partial charge is 0.261 e. The zero-order valence-electron chi connectivity index (χ0n) is 10.2. The maximum Gasteiger partial charge on any atom is 0.261 e. The minimum absolute atomic E-state index is 0.0986. The van der Waals surface area contributed by atoms with E-state index in [9.17, 15) is 18.4 Å². The Balaban J connectivity index is 1.85. The van der Waals surface area contributed by atoms with Gasteiger partial charge in [-0.15, -0.1) is 0 Å². The molecule has 20 heavy (non-hydrogen) atoms. The van der Waals surface area contributed by atoms with Gasteiger partial charge in [0.15, 0.2) is 11.6 Å². The van der Waals surface area contributed by atoms with Gasteiger partial charge in [0.1, 0.15) is 0 Å². The molecule has 0 saturated heterocycles. The van der Waals surface area contributed by atoms with E-state index in [0.717, 1.165) is 22.7 Å². The summed E-state index contributed by atoms with van der Waals surface area (Å²) in [7, 11) is 0. The van der Waals surface area contributed by atoms with Crippen LogP contribution < -0.4 is 0 Å². The molecule has 0 bridgehead atoms. The Bertz CT molecular complexity index is 657. The number of benzene rings is 1. The Morgan fingerprint density at radius 2 is 1.70 bits per heavy atom. The SMILES string of the molecule is O=C1c2cc(F)c(F)cc2C(=O)N1CCc1cnc[nH]1. The second-order valence-corrected chi connectivity index (χ2v) is 4.40. The first kappa shape index (κ1) is 12.5. The van der Waals surface area contributed by atoms with E-state index < -0.39 is 23.4 Å². The van der Waals surface area contributed by atoms with Crippen molar-refractivity contribution >= 4 is 11.8 Å². The van der Waals surface area contributed by atoms with Crippen LogP contribution in [0, 0.1) is 11.6 Å². The average molecular weight is 277 g/mol. The van der Waals surface area contributed by atoms with Crippen LogP contribution in [0.2, 0.25) is 0 Å². The second kappa shape index (κ2) is 4.52. The zero-order valence-corrected chi connectivity index (χ0v) is 10.2. The Morgan fingerprint density at radius 3 is 2.20 bits per heavy atom. The predicted octanol–water partition coefficient (Wildman–Crippen LogP) is 1.53. The monoisotopic (exact) mass is 277 g/mol. The van der Waals surface area contributed by atoms with Crippen molar-refractivity contribution < 1.29 is 18.4 Å². The molecule has 2 amide bonds. The first-order valence-corrected chi connectivity index (χ1v) is 5.90. The second-order valence-electron chi connectivity index (χ2n) is 4.40. The van der Waals surface area contributed by atoms with Gasteiger partial charge in [0.2, 0.25) is 0 Å². The van der Waals surface area contributed by atoms with Crippen molar-refractivity contribution in [1.82, 2.24) is 14.9 Å². The number of aromatic amines is 1. The van der Waals surface area contributed by atoms with Crippen LogP contribution in [0.15, 0.2) is 24.7 Å². The summed E-state index contributed by atoms with van der Waals surface area (Å²) in [5.41, 5.74) is 0.566. The van der Waals surface area contributed by atoms with E-state index in [4.69, 9.17) is 0 Å². The number of amides is 2. The van der Waals surface area contributed by atoms with Gasteiger partial charge in [0.05, 0.1) is 17.5 Å². The maximum atomic E-state index is 13.1. The summed E-state index contributed by atoms with van der Waals surface area (Å²) in [4.78, 5) is 31.7. The molecule has 7 heteroatoms. The lowest BCUT2D eigenvalue weighted by atomic mass is 10.1. The van der Waals surface area contributed by atoms with Crippen LogP contribution in [0.25, 0.3) is 0 Å². The van der Waals surface area contributed by atoms with Gasteiger partial charge in [-0.25, -0.2) is 13.8 Å². The van der Waals surface area contributed by atoms with Crippen LogP contribution in [0.5, 0.6) is 0 Å².